The number of aromatic nitrogens is 5. The molecule has 3 N–H and O–H groups in total. The smallest absolute Gasteiger partial charge is 0.256 e. The highest BCUT2D eigenvalue weighted by atomic mass is 32.2. The number of amides is 1. The van der Waals surface area contributed by atoms with Crippen molar-refractivity contribution < 1.29 is 4.79 Å². The summed E-state index contributed by atoms with van der Waals surface area (Å²) in [5.41, 5.74) is 2.58. The molecule has 4 aromatic rings. The molecule has 27 heavy (non-hydrogen) atoms. The molecule has 9 heteroatoms. The van der Waals surface area contributed by atoms with E-state index >= 15 is 0 Å². The minimum atomic E-state index is -0.190. The van der Waals surface area contributed by atoms with Crippen LogP contribution in [0.25, 0.3) is 10.6 Å². The van der Waals surface area contributed by atoms with Crippen LogP contribution in [0.1, 0.15) is 20.8 Å². The molecule has 1 amide bonds. The zero-order valence-corrected chi connectivity index (χ0v) is 16.0. The Kier molecular flexibility index (Phi) is 5.03. The molecule has 0 aliphatic rings. The van der Waals surface area contributed by atoms with E-state index < -0.39 is 0 Å². The van der Waals surface area contributed by atoms with Crippen LogP contribution in [0.5, 0.6) is 0 Å². The number of rotatable bonds is 6. The van der Waals surface area contributed by atoms with Gasteiger partial charge in [0.1, 0.15) is 6.33 Å². The molecule has 7 nitrogen and oxygen atoms in total. The number of hydrogen-bond donors (Lipinski definition) is 3. The highest BCUT2D eigenvalue weighted by molar-refractivity contribution is 7.98. The highest BCUT2D eigenvalue weighted by Crippen LogP contribution is 2.27. The second-order valence-electron chi connectivity index (χ2n) is 5.81. The zero-order chi connectivity index (χ0) is 18.6. The molecular formula is C18H16N6OS2. The number of hydrogen-bond acceptors (Lipinski definition) is 6. The van der Waals surface area contributed by atoms with Gasteiger partial charge in [0.2, 0.25) is 0 Å². The van der Waals surface area contributed by atoms with Crippen LogP contribution in [0.15, 0.2) is 53.9 Å². The predicted octanol–water partition coefficient (Wildman–Crippen LogP) is 4.11. The lowest BCUT2D eigenvalue weighted by Gasteiger charge is -2.03. The van der Waals surface area contributed by atoms with E-state index in [1.54, 1.807) is 23.1 Å². The van der Waals surface area contributed by atoms with E-state index in [4.69, 9.17) is 0 Å². The molecule has 0 saturated carbocycles. The molecule has 0 radical (unpaired) electrons. The third kappa shape index (κ3) is 4.26. The zero-order valence-electron chi connectivity index (χ0n) is 14.4. The third-order valence-electron chi connectivity index (χ3n) is 3.81. The van der Waals surface area contributed by atoms with Crippen LogP contribution >= 0.6 is 23.1 Å². The van der Waals surface area contributed by atoms with Crippen LogP contribution in [0.2, 0.25) is 0 Å². The van der Waals surface area contributed by atoms with Gasteiger partial charge in [0.15, 0.2) is 11.0 Å². The first-order chi connectivity index (χ1) is 13.2. The number of nitrogens with zero attached hydrogens (tertiary/aromatic N) is 3. The summed E-state index contributed by atoms with van der Waals surface area (Å²) in [6, 6.07) is 13.4. The third-order valence-corrected chi connectivity index (χ3v) is 5.79. The molecule has 0 saturated heterocycles. The number of carbonyl (C=O) groups excluding carboxylic acids is 1. The standard InChI is InChI=1S/C18H16N6OS2/c1-11-2-7-15(27-11)14-8-16(23-22-14)21-17(25)13-5-3-12(4-6-13)9-26-18-19-10-20-24-18/h2-8,10H,9H2,1H3,(H,19,20,24)(H2,21,22,23,25). The lowest BCUT2D eigenvalue weighted by molar-refractivity contribution is 0.102. The predicted molar refractivity (Wildman–Crippen MR) is 107 cm³/mol. The first-order valence-electron chi connectivity index (χ1n) is 8.18. The molecule has 136 valence electrons. The minimum Gasteiger partial charge on any atom is -0.305 e. The summed E-state index contributed by atoms with van der Waals surface area (Å²) in [5.74, 6) is 1.07. The lowest BCUT2D eigenvalue weighted by Crippen LogP contribution is -2.12. The number of aryl methyl sites for hydroxylation is 1. The topological polar surface area (TPSA) is 99.3 Å². The number of aromatic amines is 2. The SMILES string of the molecule is Cc1ccc(-c2cc(NC(=O)c3ccc(CSc4ncn[nH]4)cc3)n[nH]2)s1. The van der Waals surface area contributed by atoms with Crippen molar-refractivity contribution in [3.63, 3.8) is 0 Å². The molecule has 3 aromatic heterocycles. The maximum Gasteiger partial charge on any atom is 0.256 e. The van der Waals surface area contributed by atoms with E-state index in [1.165, 1.54) is 11.2 Å². The normalized spacial score (nSPS) is 10.9. The van der Waals surface area contributed by atoms with E-state index in [0.29, 0.717) is 11.4 Å². The van der Waals surface area contributed by atoms with Gasteiger partial charge in [-0.1, -0.05) is 23.9 Å². The molecule has 0 unspecified atom stereocenters. The summed E-state index contributed by atoms with van der Waals surface area (Å²) in [6.45, 7) is 2.06. The maximum atomic E-state index is 12.4. The van der Waals surface area contributed by atoms with Crippen LogP contribution < -0.4 is 5.32 Å². The summed E-state index contributed by atoms with van der Waals surface area (Å²) in [7, 11) is 0. The van der Waals surface area contributed by atoms with Crippen molar-refractivity contribution in [2.24, 2.45) is 0 Å². The Bertz CT molecular complexity index is 1040. The fraction of sp³-hybridized carbons (Fsp3) is 0.111. The fourth-order valence-electron chi connectivity index (χ4n) is 2.45. The minimum absolute atomic E-state index is 0.190. The van der Waals surface area contributed by atoms with Gasteiger partial charge in [-0.05, 0) is 36.8 Å². The van der Waals surface area contributed by atoms with Gasteiger partial charge in [0.25, 0.3) is 5.91 Å². The highest BCUT2D eigenvalue weighted by Gasteiger charge is 2.10. The van der Waals surface area contributed by atoms with E-state index in [-0.39, 0.29) is 5.91 Å². The van der Waals surface area contributed by atoms with Gasteiger partial charge in [-0.2, -0.15) is 10.2 Å². The van der Waals surface area contributed by atoms with Gasteiger partial charge < -0.3 is 5.32 Å². The second-order valence-corrected chi connectivity index (χ2v) is 8.06. The van der Waals surface area contributed by atoms with Gasteiger partial charge in [0, 0.05) is 22.3 Å². The molecule has 4 rings (SSSR count). The molecule has 1 aromatic carbocycles. The largest absolute Gasteiger partial charge is 0.305 e. The van der Waals surface area contributed by atoms with E-state index in [2.05, 4.69) is 43.7 Å². The maximum absolute atomic E-state index is 12.4. The van der Waals surface area contributed by atoms with Crippen LogP contribution in [0, 0.1) is 6.92 Å². The summed E-state index contributed by atoms with van der Waals surface area (Å²) in [4.78, 5) is 18.8. The average Bonchev–Trinajstić information content (AvgIpc) is 3.42. The van der Waals surface area contributed by atoms with Crippen molar-refractivity contribution in [1.82, 2.24) is 25.4 Å². The first-order valence-corrected chi connectivity index (χ1v) is 9.98. The lowest BCUT2D eigenvalue weighted by atomic mass is 10.1. The number of thiophene rings is 1. The number of anilines is 1. The van der Waals surface area contributed by atoms with Crippen molar-refractivity contribution in [3.8, 4) is 10.6 Å². The van der Waals surface area contributed by atoms with E-state index in [1.807, 2.05) is 36.4 Å². The van der Waals surface area contributed by atoms with Crippen molar-refractivity contribution in [3.05, 3.63) is 64.8 Å². The van der Waals surface area contributed by atoms with Gasteiger partial charge in [-0.15, -0.1) is 11.3 Å². The van der Waals surface area contributed by atoms with E-state index in [0.717, 1.165) is 27.0 Å². The number of thioether (sulfide) groups is 1. The van der Waals surface area contributed by atoms with Crippen molar-refractivity contribution in [1.29, 1.82) is 0 Å². The molecule has 0 bridgehead atoms. The first kappa shape index (κ1) is 17.5. The van der Waals surface area contributed by atoms with Crippen LogP contribution in [0.4, 0.5) is 5.82 Å². The molecule has 3 heterocycles. The van der Waals surface area contributed by atoms with Gasteiger partial charge in [0.05, 0.1) is 10.6 Å². The monoisotopic (exact) mass is 396 g/mol. The summed E-state index contributed by atoms with van der Waals surface area (Å²) >= 11 is 3.23. The summed E-state index contributed by atoms with van der Waals surface area (Å²) in [6.07, 6.45) is 1.48. The Hall–Kier alpha value is -2.91. The molecule has 0 aliphatic heterocycles. The number of carbonyl (C=O) groups is 1. The van der Waals surface area contributed by atoms with Crippen molar-refractivity contribution in [2.75, 3.05) is 5.32 Å². The summed E-state index contributed by atoms with van der Waals surface area (Å²) < 4.78 is 0. The van der Waals surface area contributed by atoms with Gasteiger partial charge >= 0.3 is 0 Å². The Labute approximate surface area is 163 Å². The molecular weight excluding hydrogens is 380 g/mol. The Morgan fingerprint density at radius 1 is 1.19 bits per heavy atom. The molecule has 0 fully saturated rings. The number of H-pyrrole nitrogens is 2. The van der Waals surface area contributed by atoms with Crippen molar-refractivity contribution in [2.45, 2.75) is 17.8 Å². The van der Waals surface area contributed by atoms with Crippen LogP contribution in [-0.2, 0) is 5.75 Å². The fourth-order valence-corrected chi connectivity index (χ4v) is 4.02. The second kappa shape index (κ2) is 7.77. The van der Waals surface area contributed by atoms with Crippen LogP contribution in [-0.4, -0.2) is 31.3 Å². The van der Waals surface area contributed by atoms with Gasteiger partial charge in [-0.25, -0.2) is 4.98 Å². The van der Waals surface area contributed by atoms with Crippen molar-refractivity contribution >= 4 is 34.8 Å². The number of nitrogens with one attached hydrogen (secondary N) is 3. The molecule has 0 atom stereocenters. The quantitative estimate of drug-likeness (QED) is 0.426. The van der Waals surface area contributed by atoms with Gasteiger partial charge in [-0.3, -0.25) is 15.0 Å². The molecule has 0 aliphatic carbocycles. The van der Waals surface area contributed by atoms with Crippen LogP contribution in [0.3, 0.4) is 0 Å². The molecule has 0 spiro atoms. The van der Waals surface area contributed by atoms with E-state index in [9.17, 15) is 4.79 Å². The summed E-state index contributed by atoms with van der Waals surface area (Å²) in [5, 5.41) is 17.4. The Balaban J connectivity index is 1.37. The Morgan fingerprint density at radius 2 is 2.04 bits per heavy atom. The Morgan fingerprint density at radius 3 is 2.74 bits per heavy atom. The number of benzene rings is 1. The average molecular weight is 397 g/mol.